The Morgan fingerprint density at radius 2 is 1.64 bits per heavy atom. The fraction of sp³-hybridized carbons (Fsp3) is 0.182. The maximum atomic E-state index is 12.5. The summed E-state index contributed by atoms with van der Waals surface area (Å²) in [5.74, 6) is 1.65. The molecule has 0 spiro atoms. The molecule has 0 aliphatic heterocycles. The maximum Gasteiger partial charge on any atom is 0.255 e. The van der Waals surface area contributed by atoms with Crippen LogP contribution >= 0.6 is 0 Å². The van der Waals surface area contributed by atoms with E-state index in [9.17, 15) is 4.79 Å². The van der Waals surface area contributed by atoms with Gasteiger partial charge in [-0.2, -0.15) is 0 Å². The summed E-state index contributed by atoms with van der Waals surface area (Å²) in [6, 6.07) is 18.1. The molecule has 0 aliphatic rings. The van der Waals surface area contributed by atoms with Crippen LogP contribution in [0, 0.1) is 0 Å². The van der Waals surface area contributed by atoms with Crippen molar-refractivity contribution >= 4 is 11.6 Å². The van der Waals surface area contributed by atoms with E-state index in [0.717, 1.165) is 5.75 Å². The Morgan fingerprint density at radius 3 is 2.39 bits per heavy atom. The Bertz CT molecular complexity index is 886. The van der Waals surface area contributed by atoms with Crippen molar-refractivity contribution in [2.45, 2.75) is 6.92 Å². The van der Waals surface area contributed by atoms with Crippen LogP contribution in [0.15, 0.2) is 73.1 Å². The summed E-state index contributed by atoms with van der Waals surface area (Å²) in [7, 11) is 0. The highest BCUT2D eigenvalue weighted by Crippen LogP contribution is 2.29. The molecule has 0 radical (unpaired) electrons. The number of nitrogens with zero attached hydrogens (tertiary/aromatic N) is 1. The molecule has 6 nitrogen and oxygen atoms in total. The predicted molar refractivity (Wildman–Crippen MR) is 107 cm³/mol. The SMILES string of the molecule is CCOc1cc(C(=O)Nc2ccncc2)ccc1OCCOc1ccccc1. The second-order valence-electron chi connectivity index (χ2n) is 5.79. The zero-order chi connectivity index (χ0) is 19.6. The van der Waals surface area contributed by atoms with Gasteiger partial charge in [0.15, 0.2) is 11.5 Å². The van der Waals surface area contributed by atoms with Gasteiger partial charge in [0.2, 0.25) is 0 Å². The summed E-state index contributed by atoms with van der Waals surface area (Å²) in [6.45, 7) is 3.11. The first-order chi connectivity index (χ1) is 13.8. The molecule has 1 aromatic heterocycles. The minimum Gasteiger partial charge on any atom is -0.490 e. The first-order valence-electron chi connectivity index (χ1n) is 9.05. The van der Waals surface area contributed by atoms with Gasteiger partial charge in [-0.25, -0.2) is 0 Å². The van der Waals surface area contributed by atoms with Gasteiger partial charge in [0, 0.05) is 23.6 Å². The van der Waals surface area contributed by atoms with Gasteiger partial charge in [0.05, 0.1) is 6.61 Å². The Morgan fingerprint density at radius 1 is 0.893 bits per heavy atom. The van der Waals surface area contributed by atoms with E-state index in [0.29, 0.717) is 42.6 Å². The van der Waals surface area contributed by atoms with Crippen LogP contribution in [-0.2, 0) is 0 Å². The molecule has 0 unspecified atom stereocenters. The number of carbonyl (C=O) groups excluding carboxylic acids is 1. The molecule has 1 heterocycles. The average molecular weight is 378 g/mol. The zero-order valence-electron chi connectivity index (χ0n) is 15.6. The van der Waals surface area contributed by atoms with Crippen LogP contribution in [0.4, 0.5) is 5.69 Å². The third-order valence-corrected chi connectivity index (χ3v) is 3.80. The van der Waals surface area contributed by atoms with E-state index in [4.69, 9.17) is 14.2 Å². The predicted octanol–water partition coefficient (Wildman–Crippen LogP) is 4.19. The first kappa shape index (κ1) is 19.2. The van der Waals surface area contributed by atoms with Crippen LogP contribution in [0.5, 0.6) is 17.2 Å². The van der Waals surface area contributed by atoms with Gasteiger partial charge in [0.25, 0.3) is 5.91 Å². The van der Waals surface area contributed by atoms with E-state index in [1.807, 2.05) is 37.3 Å². The number of anilines is 1. The molecule has 1 amide bonds. The number of carbonyl (C=O) groups is 1. The van der Waals surface area contributed by atoms with Crippen molar-refractivity contribution in [3.63, 3.8) is 0 Å². The molecule has 0 bridgehead atoms. The Hall–Kier alpha value is -3.54. The van der Waals surface area contributed by atoms with E-state index in [2.05, 4.69) is 10.3 Å². The van der Waals surface area contributed by atoms with Crippen LogP contribution in [0.1, 0.15) is 17.3 Å². The largest absolute Gasteiger partial charge is 0.490 e. The topological polar surface area (TPSA) is 69.7 Å². The Kier molecular flexibility index (Phi) is 6.84. The molecule has 28 heavy (non-hydrogen) atoms. The summed E-state index contributed by atoms with van der Waals surface area (Å²) in [5.41, 5.74) is 1.16. The molecule has 0 saturated heterocycles. The summed E-state index contributed by atoms with van der Waals surface area (Å²) < 4.78 is 17.0. The van der Waals surface area contributed by atoms with Crippen LogP contribution in [0.3, 0.4) is 0 Å². The highest BCUT2D eigenvalue weighted by atomic mass is 16.5. The first-order valence-corrected chi connectivity index (χ1v) is 9.05. The van der Waals surface area contributed by atoms with Crippen LogP contribution in [-0.4, -0.2) is 30.7 Å². The van der Waals surface area contributed by atoms with Crippen molar-refractivity contribution in [1.29, 1.82) is 0 Å². The zero-order valence-corrected chi connectivity index (χ0v) is 15.6. The summed E-state index contributed by atoms with van der Waals surface area (Å²) in [5, 5.41) is 2.82. The van der Waals surface area contributed by atoms with Gasteiger partial charge in [0.1, 0.15) is 19.0 Å². The Balaban J connectivity index is 1.61. The summed E-state index contributed by atoms with van der Waals surface area (Å²) >= 11 is 0. The van der Waals surface area contributed by atoms with Crippen molar-refractivity contribution < 1.29 is 19.0 Å². The van der Waals surface area contributed by atoms with E-state index < -0.39 is 0 Å². The number of para-hydroxylation sites is 1. The average Bonchev–Trinajstić information content (AvgIpc) is 2.73. The number of hydrogen-bond donors (Lipinski definition) is 1. The molecule has 6 heteroatoms. The van der Waals surface area contributed by atoms with Crippen molar-refractivity contribution in [2.24, 2.45) is 0 Å². The second-order valence-corrected chi connectivity index (χ2v) is 5.79. The monoisotopic (exact) mass is 378 g/mol. The van der Waals surface area contributed by atoms with E-state index in [-0.39, 0.29) is 5.91 Å². The molecule has 3 rings (SSSR count). The lowest BCUT2D eigenvalue weighted by molar-refractivity contribution is 0.102. The van der Waals surface area contributed by atoms with Crippen molar-refractivity contribution in [1.82, 2.24) is 4.98 Å². The van der Waals surface area contributed by atoms with Crippen molar-refractivity contribution in [3.05, 3.63) is 78.6 Å². The molecule has 0 aliphatic carbocycles. The number of nitrogens with one attached hydrogen (secondary N) is 1. The number of aromatic nitrogens is 1. The normalized spacial score (nSPS) is 10.2. The summed E-state index contributed by atoms with van der Waals surface area (Å²) in [4.78, 5) is 16.4. The standard InChI is InChI=1S/C22H22N2O4/c1-2-26-21-16-17(22(25)24-18-10-12-23-13-11-18)8-9-20(21)28-15-14-27-19-6-4-3-5-7-19/h3-13,16H,2,14-15H2,1H3,(H,23,24,25). The lowest BCUT2D eigenvalue weighted by Gasteiger charge is -2.14. The van der Waals surface area contributed by atoms with E-state index >= 15 is 0 Å². The van der Waals surface area contributed by atoms with Gasteiger partial charge in [-0.1, -0.05) is 18.2 Å². The number of pyridine rings is 1. The number of rotatable bonds is 9. The number of ether oxygens (including phenoxy) is 3. The molecule has 2 aromatic carbocycles. The van der Waals surface area contributed by atoms with Gasteiger partial charge in [-0.3, -0.25) is 9.78 Å². The highest BCUT2D eigenvalue weighted by Gasteiger charge is 2.12. The third kappa shape index (κ3) is 5.48. The van der Waals surface area contributed by atoms with E-state index in [1.165, 1.54) is 0 Å². The summed E-state index contributed by atoms with van der Waals surface area (Å²) in [6.07, 6.45) is 3.24. The molecule has 0 fully saturated rings. The lowest BCUT2D eigenvalue weighted by atomic mass is 10.2. The molecule has 0 atom stereocenters. The fourth-order valence-corrected chi connectivity index (χ4v) is 2.50. The van der Waals surface area contributed by atoms with Crippen molar-refractivity contribution in [3.8, 4) is 17.2 Å². The van der Waals surface area contributed by atoms with Crippen LogP contribution in [0.25, 0.3) is 0 Å². The fourth-order valence-electron chi connectivity index (χ4n) is 2.50. The van der Waals surface area contributed by atoms with E-state index in [1.54, 1.807) is 42.7 Å². The van der Waals surface area contributed by atoms with Crippen molar-refractivity contribution in [2.75, 3.05) is 25.1 Å². The molecule has 0 saturated carbocycles. The molecule has 3 aromatic rings. The maximum absolute atomic E-state index is 12.5. The minimum absolute atomic E-state index is 0.230. The Labute approximate surface area is 164 Å². The molecular weight excluding hydrogens is 356 g/mol. The molecular formula is C22H22N2O4. The number of amides is 1. The smallest absolute Gasteiger partial charge is 0.255 e. The van der Waals surface area contributed by atoms with Gasteiger partial charge in [-0.15, -0.1) is 0 Å². The van der Waals surface area contributed by atoms with Gasteiger partial charge >= 0.3 is 0 Å². The number of hydrogen-bond acceptors (Lipinski definition) is 5. The number of benzene rings is 2. The van der Waals surface area contributed by atoms with Gasteiger partial charge < -0.3 is 19.5 Å². The van der Waals surface area contributed by atoms with Crippen LogP contribution in [0.2, 0.25) is 0 Å². The molecule has 1 N–H and O–H groups in total. The van der Waals surface area contributed by atoms with Crippen LogP contribution < -0.4 is 19.5 Å². The van der Waals surface area contributed by atoms with Gasteiger partial charge in [-0.05, 0) is 49.4 Å². The molecule has 144 valence electrons. The highest BCUT2D eigenvalue weighted by molar-refractivity contribution is 6.04. The quantitative estimate of drug-likeness (QED) is 0.566. The second kappa shape index (κ2) is 9.97. The third-order valence-electron chi connectivity index (χ3n) is 3.80. The lowest BCUT2D eigenvalue weighted by Crippen LogP contribution is -2.13. The minimum atomic E-state index is -0.230.